The predicted octanol–water partition coefficient (Wildman–Crippen LogP) is 6.01. The molecule has 43 heavy (non-hydrogen) atoms. The van der Waals surface area contributed by atoms with Crippen molar-refractivity contribution in [2.24, 2.45) is 13.0 Å². The topological polar surface area (TPSA) is 70.5 Å². The van der Waals surface area contributed by atoms with Crippen molar-refractivity contribution in [3.63, 3.8) is 0 Å². The van der Waals surface area contributed by atoms with E-state index in [1.165, 1.54) is 40.3 Å². The molecule has 0 radical (unpaired) electrons. The zero-order chi connectivity index (χ0) is 29.7. The minimum absolute atomic E-state index is 0.0102. The molecule has 7 nitrogen and oxygen atoms in total. The number of thiophene rings is 1. The van der Waals surface area contributed by atoms with Gasteiger partial charge in [0.1, 0.15) is 5.82 Å². The zero-order valence-corrected chi connectivity index (χ0v) is 25.4. The molecule has 7 rings (SSSR count). The minimum Gasteiger partial charge on any atom is -0.369 e. The summed E-state index contributed by atoms with van der Waals surface area (Å²) in [6, 6.07) is 14.8. The van der Waals surface area contributed by atoms with E-state index in [1.807, 2.05) is 12.1 Å². The lowest BCUT2D eigenvalue weighted by Crippen LogP contribution is -2.44. The number of anilines is 3. The first-order valence-corrected chi connectivity index (χ1v) is 15.9. The number of rotatable bonds is 7. The Morgan fingerprint density at radius 2 is 1.84 bits per heavy atom. The van der Waals surface area contributed by atoms with Gasteiger partial charge in [-0.3, -0.25) is 9.59 Å². The van der Waals surface area contributed by atoms with E-state index in [2.05, 4.69) is 45.3 Å². The second-order valence-corrected chi connectivity index (χ2v) is 13.5. The fraction of sp³-hybridized carbons (Fsp3) is 0.382. The third-order valence-electron chi connectivity index (χ3n) is 9.33. The Morgan fingerprint density at radius 1 is 1.05 bits per heavy atom. The standard InChI is InChI=1S/C34H36FN5O2S/c1-38-11-13-40(14-12-38)26-8-6-25(7-9-26)36-33-34(42)39(2)20-29(37-33)23-5-10-28(35)24(17-23)18-30(41)32-19-27-22-4-3-21(15-22)16-31(27)43-32/h5-10,17,19-22H,3-4,11-16,18H2,1-2H3,(H,36,37). The predicted molar refractivity (Wildman–Crippen MR) is 170 cm³/mol. The second-order valence-electron chi connectivity index (χ2n) is 12.3. The first kappa shape index (κ1) is 28.0. The number of aryl methyl sites for hydroxylation is 1. The Bertz CT molecular complexity index is 1740. The molecule has 2 atom stereocenters. The quantitative estimate of drug-likeness (QED) is 0.263. The first-order chi connectivity index (χ1) is 20.8. The molecule has 2 aliphatic carbocycles. The Balaban J connectivity index is 1.10. The number of carbonyl (C=O) groups excluding carboxylic acids is 1. The molecule has 1 saturated heterocycles. The van der Waals surface area contributed by atoms with Gasteiger partial charge in [0, 0.05) is 67.7 Å². The Labute approximate surface area is 255 Å². The highest BCUT2D eigenvalue weighted by Gasteiger charge is 2.35. The lowest BCUT2D eigenvalue weighted by Gasteiger charge is -2.34. The monoisotopic (exact) mass is 597 g/mol. The number of aromatic nitrogens is 2. The Hall–Kier alpha value is -3.82. The van der Waals surface area contributed by atoms with E-state index in [0.717, 1.165) is 54.8 Å². The minimum atomic E-state index is -0.416. The summed E-state index contributed by atoms with van der Waals surface area (Å²) in [5, 5.41) is 3.18. The number of hydrogen-bond donors (Lipinski definition) is 1. The first-order valence-electron chi connectivity index (χ1n) is 15.1. The summed E-state index contributed by atoms with van der Waals surface area (Å²) in [4.78, 5) is 37.7. The molecule has 1 N–H and O–H groups in total. The average Bonchev–Trinajstić information content (AvgIpc) is 3.62. The van der Waals surface area contributed by atoms with E-state index in [-0.39, 0.29) is 23.6 Å². The maximum atomic E-state index is 15.0. The molecular weight excluding hydrogens is 561 g/mol. The number of ketones is 1. The van der Waals surface area contributed by atoms with Gasteiger partial charge < -0.3 is 19.7 Å². The van der Waals surface area contributed by atoms with Crippen LogP contribution in [0.4, 0.5) is 21.6 Å². The van der Waals surface area contributed by atoms with Crippen LogP contribution in [-0.2, 0) is 19.9 Å². The molecule has 0 amide bonds. The number of Topliss-reactive ketones (excluding diaryl/α,β-unsaturated/α-hetero) is 1. The number of fused-ring (bicyclic) bond motifs is 4. The molecule has 2 aromatic carbocycles. The molecule has 1 aliphatic heterocycles. The van der Waals surface area contributed by atoms with Crippen LogP contribution in [0.5, 0.6) is 0 Å². The smallest absolute Gasteiger partial charge is 0.293 e. The van der Waals surface area contributed by atoms with Crippen molar-refractivity contribution in [3.05, 3.63) is 91.8 Å². The number of halogens is 1. The van der Waals surface area contributed by atoms with E-state index in [4.69, 9.17) is 0 Å². The molecule has 3 aliphatic rings. The molecule has 222 valence electrons. The van der Waals surface area contributed by atoms with Crippen LogP contribution >= 0.6 is 11.3 Å². The summed E-state index contributed by atoms with van der Waals surface area (Å²) in [5.41, 5.74) is 4.50. The van der Waals surface area contributed by atoms with E-state index in [1.54, 1.807) is 36.7 Å². The number of nitrogens with one attached hydrogen (secondary N) is 1. The zero-order valence-electron chi connectivity index (χ0n) is 24.6. The number of likely N-dealkylation sites (N-methyl/N-ethyl adjacent to an activating group) is 1. The molecule has 9 heteroatoms. The van der Waals surface area contributed by atoms with Crippen molar-refractivity contribution in [2.45, 2.75) is 38.0 Å². The fourth-order valence-corrected chi connectivity index (χ4v) is 8.10. The molecule has 3 heterocycles. The number of carbonyl (C=O) groups is 1. The summed E-state index contributed by atoms with van der Waals surface area (Å²) >= 11 is 1.60. The lowest BCUT2D eigenvalue weighted by molar-refractivity contribution is 0.0995. The van der Waals surface area contributed by atoms with Crippen molar-refractivity contribution in [1.29, 1.82) is 0 Å². The van der Waals surface area contributed by atoms with Crippen LogP contribution < -0.4 is 15.8 Å². The summed E-state index contributed by atoms with van der Waals surface area (Å²) in [6.07, 6.45) is 6.44. The summed E-state index contributed by atoms with van der Waals surface area (Å²) in [6.45, 7) is 4.02. The van der Waals surface area contributed by atoms with Crippen LogP contribution in [0.15, 0.2) is 59.5 Å². The van der Waals surface area contributed by atoms with Gasteiger partial charge in [-0.15, -0.1) is 11.3 Å². The number of hydrogen-bond acceptors (Lipinski definition) is 7. The Morgan fingerprint density at radius 3 is 2.63 bits per heavy atom. The summed E-state index contributed by atoms with van der Waals surface area (Å²) < 4.78 is 16.4. The van der Waals surface area contributed by atoms with Gasteiger partial charge in [-0.2, -0.15) is 0 Å². The van der Waals surface area contributed by atoms with Crippen molar-refractivity contribution >= 4 is 34.3 Å². The number of benzene rings is 2. The lowest BCUT2D eigenvalue weighted by atomic mass is 9.88. The van der Waals surface area contributed by atoms with Gasteiger partial charge in [0.25, 0.3) is 5.56 Å². The summed E-state index contributed by atoms with van der Waals surface area (Å²) in [7, 11) is 3.81. The average molecular weight is 598 g/mol. The van der Waals surface area contributed by atoms with Gasteiger partial charge in [-0.05, 0) is 104 Å². The molecule has 2 aromatic heterocycles. The van der Waals surface area contributed by atoms with Crippen LogP contribution in [0.2, 0.25) is 0 Å². The molecule has 2 fully saturated rings. The molecule has 2 unspecified atom stereocenters. The number of piperazine rings is 1. The van der Waals surface area contributed by atoms with Gasteiger partial charge in [0.15, 0.2) is 11.6 Å². The summed E-state index contributed by atoms with van der Waals surface area (Å²) in [5.74, 6) is 1.06. The SMILES string of the molecule is CN1CCN(c2ccc(Nc3nc(-c4ccc(F)c(CC(=O)c5cc6c(s5)CC5CCC6C5)c4)cn(C)c3=O)cc2)CC1. The third kappa shape index (κ3) is 5.63. The highest BCUT2D eigenvalue weighted by molar-refractivity contribution is 7.14. The van der Waals surface area contributed by atoms with Crippen LogP contribution in [0.3, 0.4) is 0 Å². The molecular formula is C34H36FN5O2S. The van der Waals surface area contributed by atoms with Crippen molar-refractivity contribution in [3.8, 4) is 11.3 Å². The van der Waals surface area contributed by atoms with Crippen molar-refractivity contribution in [1.82, 2.24) is 14.5 Å². The Kier molecular flexibility index (Phi) is 7.39. The van der Waals surface area contributed by atoms with Gasteiger partial charge in [-0.1, -0.05) is 0 Å². The van der Waals surface area contributed by atoms with E-state index >= 15 is 0 Å². The van der Waals surface area contributed by atoms with E-state index in [0.29, 0.717) is 22.7 Å². The largest absolute Gasteiger partial charge is 0.369 e. The van der Waals surface area contributed by atoms with Gasteiger partial charge in [0.05, 0.1) is 10.6 Å². The highest BCUT2D eigenvalue weighted by Crippen LogP contribution is 2.48. The van der Waals surface area contributed by atoms with E-state index < -0.39 is 5.82 Å². The van der Waals surface area contributed by atoms with Gasteiger partial charge >= 0.3 is 0 Å². The van der Waals surface area contributed by atoms with Crippen molar-refractivity contribution in [2.75, 3.05) is 43.4 Å². The van der Waals surface area contributed by atoms with E-state index in [9.17, 15) is 14.0 Å². The van der Waals surface area contributed by atoms with Gasteiger partial charge in [0.2, 0.25) is 0 Å². The normalized spacial score (nSPS) is 19.8. The number of nitrogens with zero attached hydrogens (tertiary/aromatic N) is 4. The molecule has 1 saturated carbocycles. The van der Waals surface area contributed by atoms with Crippen LogP contribution in [0.1, 0.15) is 50.9 Å². The van der Waals surface area contributed by atoms with Crippen molar-refractivity contribution < 1.29 is 9.18 Å². The third-order valence-corrected chi connectivity index (χ3v) is 10.5. The molecule has 4 aromatic rings. The van der Waals surface area contributed by atoms with Crippen LogP contribution in [-0.4, -0.2) is 53.5 Å². The van der Waals surface area contributed by atoms with Crippen LogP contribution in [0.25, 0.3) is 11.3 Å². The maximum absolute atomic E-state index is 15.0. The molecule has 2 bridgehead atoms. The maximum Gasteiger partial charge on any atom is 0.293 e. The van der Waals surface area contributed by atoms with Gasteiger partial charge in [-0.25, -0.2) is 9.37 Å². The second kappa shape index (κ2) is 11.4. The van der Waals surface area contributed by atoms with Crippen LogP contribution in [0, 0.1) is 11.7 Å². The molecule has 0 spiro atoms. The highest BCUT2D eigenvalue weighted by atomic mass is 32.1. The fourth-order valence-electron chi connectivity index (χ4n) is 6.80.